The first kappa shape index (κ1) is 15.9. The van der Waals surface area contributed by atoms with E-state index < -0.39 is 0 Å². The largest absolute Gasteiger partial charge is 0.505 e. The van der Waals surface area contributed by atoms with Gasteiger partial charge in [-0.05, 0) is 42.3 Å². The number of phenolic OH excluding ortho intramolecular Hbond substituents is 1. The van der Waals surface area contributed by atoms with Crippen molar-refractivity contribution >= 4 is 29.1 Å². The van der Waals surface area contributed by atoms with Crippen LogP contribution in [0, 0.1) is 5.92 Å². The number of carbonyl (C=O) groups excluding carboxylic acids is 2. The zero-order valence-electron chi connectivity index (χ0n) is 13.5. The molecule has 5 nitrogen and oxygen atoms in total. The van der Waals surface area contributed by atoms with E-state index in [0.29, 0.717) is 30.0 Å². The van der Waals surface area contributed by atoms with Crippen molar-refractivity contribution < 1.29 is 14.7 Å². The maximum Gasteiger partial charge on any atom is 0.186 e. The van der Waals surface area contributed by atoms with Crippen molar-refractivity contribution in [2.45, 2.75) is 25.3 Å². The summed E-state index contributed by atoms with van der Waals surface area (Å²) in [5.74, 6) is 0.468. The van der Waals surface area contributed by atoms with Crippen LogP contribution >= 0.6 is 11.3 Å². The SMILES string of the molecule is O=Cc1cccc(NC2=C(NC(c3cccs3)C3CC3)CC2=O)c1O. The highest BCUT2D eigenvalue weighted by Gasteiger charge is 2.37. The van der Waals surface area contributed by atoms with Gasteiger partial charge < -0.3 is 15.7 Å². The third kappa shape index (κ3) is 3.05. The molecule has 2 aliphatic rings. The van der Waals surface area contributed by atoms with Gasteiger partial charge in [0.1, 0.15) is 11.4 Å². The Hall–Kier alpha value is -2.60. The normalized spacial score (nSPS) is 17.8. The van der Waals surface area contributed by atoms with E-state index in [1.807, 2.05) is 6.07 Å². The summed E-state index contributed by atoms with van der Waals surface area (Å²) >= 11 is 1.72. The van der Waals surface area contributed by atoms with E-state index in [2.05, 4.69) is 22.1 Å². The Morgan fingerprint density at radius 2 is 2.08 bits per heavy atom. The van der Waals surface area contributed by atoms with Crippen LogP contribution in [-0.4, -0.2) is 17.2 Å². The molecule has 1 fully saturated rings. The number of benzene rings is 1. The van der Waals surface area contributed by atoms with Crippen LogP contribution in [0.25, 0.3) is 0 Å². The lowest BCUT2D eigenvalue weighted by molar-refractivity contribution is -0.116. The van der Waals surface area contributed by atoms with Gasteiger partial charge >= 0.3 is 0 Å². The molecule has 0 aliphatic heterocycles. The van der Waals surface area contributed by atoms with Crippen LogP contribution in [0.3, 0.4) is 0 Å². The van der Waals surface area contributed by atoms with E-state index in [-0.39, 0.29) is 23.1 Å². The number of allylic oxidation sites excluding steroid dienone is 2. The van der Waals surface area contributed by atoms with Crippen LogP contribution in [-0.2, 0) is 4.79 Å². The van der Waals surface area contributed by atoms with Crippen LogP contribution in [0.5, 0.6) is 5.75 Å². The van der Waals surface area contributed by atoms with Gasteiger partial charge in [-0.1, -0.05) is 12.1 Å². The Bertz CT molecular complexity index is 854. The van der Waals surface area contributed by atoms with Crippen LogP contribution in [0.4, 0.5) is 5.69 Å². The third-order valence-corrected chi connectivity index (χ3v) is 5.60. The van der Waals surface area contributed by atoms with E-state index in [9.17, 15) is 14.7 Å². The van der Waals surface area contributed by atoms with Gasteiger partial charge in [-0.3, -0.25) is 9.59 Å². The van der Waals surface area contributed by atoms with Gasteiger partial charge in [0.25, 0.3) is 0 Å². The molecule has 1 unspecified atom stereocenters. The number of hydrogen-bond donors (Lipinski definition) is 3. The Morgan fingerprint density at radius 1 is 1.24 bits per heavy atom. The first-order valence-corrected chi connectivity index (χ1v) is 9.16. The van der Waals surface area contributed by atoms with Gasteiger partial charge in [0.15, 0.2) is 12.1 Å². The fourth-order valence-corrected chi connectivity index (χ4v) is 3.94. The fraction of sp³-hybridized carbons (Fsp3) is 0.263. The lowest BCUT2D eigenvalue weighted by atomic mass is 9.96. The molecule has 0 amide bonds. The molecule has 1 saturated carbocycles. The zero-order chi connectivity index (χ0) is 17.4. The summed E-state index contributed by atoms with van der Waals surface area (Å²) in [5, 5.41) is 18.7. The molecular weight excluding hydrogens is 336 g/mol. The standard InChI is InChI=1S/C19H18N2O3S/c22-10-12-3-1-4-13(19(12)24)20-18-14(9-15(18)23)21-17(11-6-7-11)16-5-2-8-25-16/h1-5,8,10-11,17,20-21,24H,6-7,9H2. The van der Waals surface area contributed by atoms with E-state index in [0.717, 1.165) is 5.70 Å². The van der Waals surface area contributed by atoms with Crippen molar-refractivity contribution in [3.05, 3.63) is 57.5 Å². The average molecular weight is 354 g/mol. The number of Topliss-reactive ketones (excluding diaryl/α,β-unsaturated/α-hetero) is 1. The number of phenols is 1. The summed E-state index contributed by atoms with van der Waals surface area (Å²) in [5.41, 5.74) is 1.90. The molecule has 2 aromatic rings. The van der Waals surface area contributed by atoms with E-state index in [1.54, 1.807) is 23.5 Å². The van der Waals surface area contributed by atoms with Crippen molar-refractivity contribution in [3.8, 4) is 5.75 Å². The summed E-state index contributed by atoms with van der Waals surface area (Å²) in [7, 11) is 0. The van der Waals surface area contributed by atoms with Crippen molar-refractivity contribution in [2.75, 3.05) is 5.32 Å². The second kappa shape index (κ2) is 6.37. The molecule has 1 aromatic carbocycles. The Kier molecular flexibility index (Phi) is 4.05. The smallest absolute Gasteiger partial charge is 0.186 e. The average Bonchev–Trinajstić information content (AvgIpc) is 3.31. The van der Waals surface area contributed by atoms with Crippen molar-refractivity contribution in [2.24, 2.45) is 5.92 Å². The second-order valence-corrected chi connectivity index (χ2v) is 7.39. The topological polar surface area (TPSA) is 78.4 Å². The number of hydrogen-bond acceptors (Lipinski definition) is 6. The van der Waals surface area contributed by atoms with Crippen molar-refractivity contribution in [1.82, 2.24) is 5.32 Å². The van der Waals surface area contributed by atoms with E-state index in [4.69, 9.17) is 0 Å². The molecule has 128 valence electrons. The van der Waals surface area contributed by atoms with Gasteiger partial charge in [0.2, 0.25) is 0 Å². The highest BCUT2D eigenvalue weighted by molar-refractivity contribution is 7.10. The van der Waals surface area contributed by atoms with E-state index >= 15 is 0 Å². The number of para-hydroxylation sites is 1. The molecule has 6 heteroatoms. The van der Waals surface area contributed by atoms with E-state index in [1.165, 1.54) is 23.8 Å². The molecular formula is C19H18N2O3S. The minimum Gasteiger partial charge on any atom is -0.505 e. The molecule has 1 atom stereocenters. The van der Waals surface area contributed by atoms with Crippen molar-refractivity contribution in [3.63, 3.8) is 0 Å². The monoisotopic (exact) mass is 354 g/mol. The highest BCUT2D eigenvalue weighted by atomic mass is 32.1. The third-order valence-electron chi connectivity index (χ3n) is 4.64. The number of ketones is 1. The predicted octanol–water partition coefficient (Wildman–Crippen LogP) is 3.60. The van der Waals surface area contributed by atoms with Crippen LogP contribution in [0.2, 0.25) is 0 Å². The molecule has 25 heavy (non-hydrogen) atoms. The number of aldehydes is 1. The van der Waals surface area contributed by atoms with Gasteiger partial charge in [-0.25, -0.2) is 0 Å². The number of rotatable bonds is 7. The number of anilines is 1. The molecule has 0 saturated heterocycles. The summed E-state index contributed by atoms with van der Waals surface area (Å²) < 4.78 is 0. The molecule has 0 spiro atoms. The van der Waals surface area contributed by atoms with Crippen LogP contribution < -0.4 is 10.6 Å². The quantitative estimate of drug-likeness (QED) is 0.523. The highest BCUT2D eigenvalue weighted by Crippen LogP contribution is 2.44. The first-order valence-electron chi connectivity index (χ1n) is 8.28. The summed E-state index contributed by atoms with van der Waals surface area (Å²) in [6, 6.07) is 9.24. The predicted molar refractivity (Wildman–Crippen MR) is 96.7 cm³/mol. The molecule has 0 bridgehead atoms. The Balaban J connectivity index is 1.58. The molecule has 1 aromatic heterocycles. The maximum atomic E-state index is 12.1. The zero-order valence-corrected chi connectivity index (χ0v) is 14.3. The number of aromatic hydroxyl groups is 1. The van der Waals surface area contributed by atoms with Crippen LogP contribution in [0.1, 0.15) is 40.5 Å². The summed E-state index contributed by atoms with van der Waals surface area (Å²) in [4.78, 5) is 24.3. The summed E-state index contributed by atoms with van der Waals surface area (Å²) in [6.07, 6.45) is 3.35. The van der Waals surface area contributed by atoms with Gasteiger partial charge in [0.05, 0.1) is 23.7 Å². The minimum atomic E-state index is -0.138. The maximum absolute atomic E-state index is 12.1. The number of thiophene rings is 1. The summed E-state index contributed by atoms with van der Waals surface area (Å²) in [6.45, 7) is 0. The van der Waals surface area contributed by atoms with Crippen LogP contribution in [0.15, 0.2) is 47.1 Å². The molecule has 0 radical (unpaired) electrons. The number of carbonyl (C=O) groups is 2. The van der Waals surface area contributed by atoms with Crippen molar-refractivity contribution in [1.29, 1.82) is 0 Å². The lowest BCUT2D eigenvalue weighted by Gasteiger charge is -2.29. The van der Waals surface area contributed by atoms with Gasteiger partial charge in [-0.2, -0.15) is 0 Å². The fourth-order valence-electron chi connectivity index (χ4n) is 3.07. The minimum absolute atomic E-state index is 0.000803. The van der Waals surface area contributed by atoms with Gasteiger partial charge in [0, 0.05) is 10.6 Å². The first-order chi connectivity index (χ1) is 12.2. The molecule has 3 N–H and O–H groups in total. The molecule has 4 rings (SSSR count). The molecule has 1 heterocycles. The van der Waals surface area contributed by atoms with Gasteiger partial charge in [-0.15, -0.1) is 11.3 Å². The number of nitrogens with one attached hydrogen (secondary N) is 2. The lowest BCUT2D eigenvalue weighted by Crippen LogP contribution is -2.35. The Labute approximate surface area is 149 Å². The Morgan fingerprint density at radius 3 is 2.72 bits per heavy atom. The second-order valence-electron chi connectivity index (χ2n) is 6.41. The molecule has 2 aliphatic carbocycles.